The highest BCUT2D eigenvalue weighted by Gasteiger charge is 2.35. The molecule has 4 heterocycles. The zero-order valence-electron chi connectivity index (χ0n) is 32.2. The van der Waals surface area contributed by atoms with Gasteiger partial charge in [0.25, 0.3) is 11.8 Å². The van der Waals surface area contributed by atoms with Crippen molar-refractivity contribution in [2.45, 2.75) is 38.3 Å². The monoisotopic (exact) mass is 769 g/mol. The van der Waals surface area contributed by atoms with E-state index in [1.54, 1.807) is 77.8 Å². The number of fused-ring (bicyclic) bond motifs is 4. The van der Waals surface area contributed by atoms with Gasteiger partial charge in [-0.15, -0.1) is 0 Å². The first-order valence-corrected chi connectivity index (χ1v) is 18.4. The fourth-order valence-corrected chi connectivity index (χ4v) is 7.01. The van der Waals surface area contributed by atoms with Gasteiger partial charge in [0.05, 0.1) is 69.1 Å². The van der Waals surface area contributed by atoms with Crippen LogP contribution in [0.4, 0.5) is 17.1 Å². The van der Waals surface area contributed by atoms with Gasteiger partial charge in [0.1, 0.15) is 0 Å². The zero-order chi connectivity index (χ0) is 40.2. The van der Waals surface area contributed by atoms with Crippen molar-refractivity contribution >= 4 is 52.8 Å². The summed E-state index contributed by atoms with van der Waals surface area (Å²) in [5.74, 6) is 0.876. The van der Waals surface area contributed by atoms with Crippen LogP contribution in [0.1, 0.15) is 52.5 Å². The number of hydrogen-bond acceptors (Lipinski definition) is 11. The van der Waals surface area contributed by atoms with E-state index in [0.717, 1.165) is 22.3 Å². The predicted octanol–water partition coefficient (Wildman–Crippen LogP) is 7.15. The van der Waals surface area contributed by atoms with Crippen LogP contribution in [0.15, 0.2) is 112 Å². The Labute approximate surface area is 330 Å². The molecule has 0 radical (unpaired) electrons. The Balaban J connectivity index is 0.990. The summed E-state index contributed by atoms with van der Waals surface area (Å²) in [6, 6.07) is 13.8. The van der Waals surface area contributed by atoms with E-state index in [4.69, 9.17) is 29.4 Å². The summed E-state index contributed by atoms with van der Waals surface area (Å²) in [7, 11) is 4.38. The van der Waals surface area contributed by atoms with Crippen LogP contribution < -0.4 is 24.7 Å². The quantitative estimate of drug-likeness (QED) is 0.0628. The normalized spacial score (nSPS) is 18.4. The third kappa shape index (κ3) is 7.81. The van der Waals surface area contributed by atoms with E-state index in [0.29, 0.717) is 76.0 Å². The second-order valence-corrected chi connectivity index (χ2v) is 13.7. The van der Waals surface area contributed by atoms with Crippen LogP contribution in [0.25, 0.3) is 5.57 Å². The van der Waals surface area contributed by atoms with Crippen molar-refractivity contribution in [1.82, 2.24) is 9.80 Å². The Hall–Kier alpha value is -6.89. The van der Waals surface area contributed by atoms with Gasteiger partial charge in [-0.1, -0.05) is 36.9 Å². The maximum atomic E-state index is 13.8. The number of nitrogens with two attached hydrogens (primary N) is 1. The van der Waals surface area contributed by atoms with Gasteiger partial charge >= 0.3 is 5.97 Å². The number of methoxy groups -OCH3 is 3. The minimum Gasteiger partial charge on any atom is -0.493 e. The molecule has 0 fully saturated rings. The van der Waals surface area contributed by atoms with Gasteiger partial charge in [0.2, 0.25) is 0 Å². The molecule has 3 aromatic rings. The molecule has 4 aliphatic heterocycles. The lowest BCUT2D eigenvalue weighted by atomic mass is 10.0. The summed E-state index contributed by atoms with van der Waals surface area (Å²) < 4.78 is 28.3. The third-order valence-corrected chi connectivity index (χ3v) is 10.1. The molecule has 2 atom stereocenters. The van der Waals surface area contributed by atoms with Gasteiger partial charge in [-0.3, -0.25) is 19.6 Å². The highest BCUT2D eigenvalue weighted by atomic mass is 16.5. The average molecular weight is 770 g/mol. The van der Waals surface area contributed by atoms with Gasteiger partial charge in [0.15, 0.2) is 23.0 Å². The van der Waals surface area contributed by atoms with Gasteiger partial charge < -0.3 is 39.2 Å². The van der Waals surface area contributed by atoms with Crippen LogP contribution >= 0.6 is 0 Å². The molecular formula is C44H43N5O8. The first kappa shape index (κ1) is 38.4. The van der Waals surface area contributed by atoms with Gasteiger partial charge in [0, 0.05) is 67.5 Å². The highest BCUT2D eigenvalue weighted by molar-refractivity contribution is 6.06. The molecule has 13 heteroatoms. The fraction of sp³-hybridized carbons (Fsp3) is 0.250. The number of anilines is 1. The van der Waals surface area contributed by atoms with Crippen molar-refractivity contribution in [2.24, 2.45) is 9.98 Å². The highest BCUT2D eigenvalue weighted by Crippen LogP contribution is 2.41. The second kappa shape index (κ2) is 16.5. The number of esters is 1. The van der Waals surface area contributed by atoms with Crippen molar-refractivity contribution < 1.29 is 38.1 Å². The number of aliphatic imine (C=N–C) groups is 2. The summed E-state index contributed by atoms with van der Waals surface area (Å²) in [6.07, 6.45) is 14.0. The van der Waals surface area contributed by atoms with Gasteiger partial charge in [-0.05, 0) is 53.5 Å². The lowest BCUT2D eigenvalue weighted by Crippen LogP contribution is -2.32. The molecule has 2 amide bonds. The summed E-state index contributed by atoms with van der Waals surface area (Å²) in [5.41, 5.74) is 12.5. The van der Waals surface area contributed by atoms with E-state index in [-0.39, 0.29) is 37.1 Å². The molecule has 0 unspecified atom stereocenters. The third-order valence-electron chi connectivity index (χ3n) is 10.1. The Bertz CT molecular complexity index is 2320. The first-order chi connectivity index (χ1) is 27.6. The van der Waals surface area contributed by atoms with E-state index in [1.807, 2.05) is 30.5 Å². The van der Waals surface area contributed by atoms with E-state index < -0.39 is 5.97 Å². The molecule has 0 aromatic heterocycles. The minimum atomic E-state index is -0.422. The number of hydrogen-bond donors (Lipinski definition) is 1. The van der Waals surface area contributed by atoms with Crippen molar-refractivity contribution in [2.75, 3.05) is 40.3 Å². The SMILES string of the molecule is C=C/C(=C\C=C(/C)C(=O)OC)C1=CN2C(=O)c3cc(OC)c(OCCCOc4cc5c(cc4OC)C(=O)N4C=C(c6ccc(N)cc6)C[C@H]4C=N5)cc3N=C[C@@H]2C1. The van der Waals surface area contributed by atoms with E-state index in [1.165, 1.54) is 21.3 Å². The number of allylic oxidation sites excluding steroid dienone is 4. The number of carbonyl (C=O) groups is 3. The molecule has 13 nitrogen and oxygen atoms in total. The maximum absolute atomic E-state index is 13.8. The van der Waals surface area contributed by atoms with Crippen LogP contribution in [0.3, 0.4) is 0 Å². The summed E-state index contributed by atoms with van der Waals surface area (Å²) >= 11 is 0. The number of carbonyl (C=O) groups excluding carboxylic acids is 3. The Morgan fingerprint density at radius 2 is 1.37 bits per heavy atom. The second-order valence-electron chi connectivity index (χ2n) is 13.7. The molecule has 0 aliphatic carbocycles. The van der Waals surface area contributed by atoms with Crippen LogP contribution in [0.2, 0.25) is 0 Å². The predicted molar refractivity (Wildman–Crippen MR) is 218 cm³/mol. The average Bonchev–Trinajstić information content (AvgIpc) is 3.80. The molecule has 3 aromatic carbocycles. The van der Waals surface area contributed by atoms with E-state index >= 15 is 0 Å². The molecule has 0 saturated heterocycles. The number of benzene rings is 3. The lowest BCUT2D eigenvalue weighted by molar-refractivity contribution is -0.136. The van der Waals surface area contributed by atoms with Crippen molar-refractivity contribution in [3.63, 3.8) is 0 Å². The maximum Gasteiger partial charge on any atom is 0.333 e. The van der Waals surface area contributed by atoms with Crippen LogP contribution in [0, 0.1) is 0 Å². The Morgan fingerprint density at radius 1 is 0.807 bits per heavy atom. The molecule has 0 spiro atoms. The number of nitrogen functional groups attached to an aromatic ring is 1. The van der Waals surface area contributed by atoms with Crippen molar-refractivity contribution in [3.8, 4) is 23.0 Å². The molecule has 7 rings (SSSR count). The molecule has 57 heavy (non-hydrogen) atoms. The lowest BCUT2D eigenvalue weighted by Gasteiger charge is -2.19. The zero-order valence-corrected chi connectivity index (χ0v) is 32.2. The van der Waals surface area contributed by atoms with Crippen molar-refractivity contribution in [1.29, 1.82) is 0 Å². The molecule has 0 saturated carbocycles. The first-order valence-electron chi connectivity index (χ1n) is 18.4. The number of rotatable bonds is 13. The smallest absolute Gasteiger partial charge is 0.333 e. The van der Waals surface area contributed by atoms with E-state index in [9.17, 15) is 14.4 Å². The van der Waals surface area contributed by atoms with Crippen LogP contribution in [-0.2, 0) is 9.53 Å². The topological polar surface area (TPSA) is 155 Å². The molecule has 4 aliphatic rings. The van der Waals surface area contributed by atoms with Crippen LogP contribution in [-0.4, -0.2) is 86.6 Å². The Kier molecular flexibility index (Phi) is 11.1. The van der Waals surface area contributed by atoms with Crippen LogP contribution in [0.5, 0.6) is 23.0 Å². The van der Waals surface area contributed by atoms with Crippen molar-refractivity contribution in [3.05, 3.63) is 119 Å². The number of nitrogens with zero attached hydrogens (tertiary/aromatic N) is 4. The number of amides is 2. The van der Waals surface area contributed by atoms with Gasteiger partial charge in [-0.2, -0.15) is 0 Å². The summed E-state index contributed by atoms with van der Waals surface area (Å²) in [6.45, 7) is 6.14. The molecule has 292 valence electrons. The van der Waals surface area contributed by atoms with Gasteiger partial charge in [-0.25, -0.2) is 4.79 Å². The standard InChI is InChI=1S/C44H43N5O8/c1-6-27(9-8-26(2)44(52)55-5)29-16-32-22-46-36-20-40(38(53-3)18-34(36)42(50)48(32)24-29)56-14-7-15-57-41-21-37-35(19-39(41)54-4)43(51)49-25-30(17-33(49)23-47-37)28-10-12-31(45)13-11-28/h6,8-13,18-25,32-33H,1,7,14-17,45H2,2-5H3/b26-8+,27-9+/t32-,33-/m0/s1. The number of ether oxygens (including phenoxy) is 5. The fourth-order valence-electron chi connectivity index (χ4n) is 7.01. The largest absolute Gasteiger partial charge is 0.493 e. The molecular weight excluding hydrogens is 727 g/mol. The summed E-state index contributed by atoms with van der Waals surface area (Å²) in [4.78, 5) is 52.1. The Morgan fingerprint density at radius 3 is 1.91 bits per heavy atom. The van der Waals surface area contributed by atoms with E-state index in [2.05, 4.69) is 16.6 Å². The minimum absolute atomic E-state index is 0.172. The molecule has 2 N–H and O–H groups in total. The summed E-state index contributed by atoms with van der Waals surface area (Å²) in [5, 5.41) is 0. The molecule has 0 bridgehead atoms.